The van der Waals surface area contributed by atoms with Crippen LogP contribution in [0.15, 0.2) is 53.4 Å². The molecular weight excluding hydrogens is 422 g/mol. The number of hydrogen-bond acceptors (Lipinski definition) is 6. The molecule has 174 valence electrons. The van der Waals surface area contributed by atoms with Crippen LogP contribution in [0.1, 0.15) is 56.4 Å². The molecule has 3 aliphatic rings. The summed E-state index contributed by atoms with van der Waals surface area (Å²) < 4.78 is 11.2. The van der Waals surface area contributed by atoms with Gasteiger partial charge >= 0.3 is 5.97 Å². The molecule has 0 amide bonds. The summed E-state index contributed by atoms with van der Waals surface area (Å²) in [4.78, 5) is 39.8. The quantitative estimate of drug-likeness (QED) is 0.594. The van der Waals surface area contributed by atoms with Crippen molar-refractivity contribution in [3.63, 3.8) is 0 Å². The number of carbonyl (C=O) groups excluding carboxylic acids is 2. The molecule has 33 heavy (non-hydrogen) atoms. The van der Waals surface area contributed by atoms with Crippen LogP contribution in [0.4, 0.5) is 0 Å². The minimum absolute atomic E-state index is 0.0254. The number of allylic oxidation sites excluding steroid dienone is 4. The molecule has 0 unspecified atom stereocenters. The Labute approximate surface area is 193 Å². The molecule has 4 rings (SSSR count). The van der Waals surface area contributed by atoms with Gasteiger partial charge in [0.25, 0.3) is 0 Å². The van der Waals surface area contributed by atoms with E-state index in [4.69, 9.17) is 9.47 Å². The van der Waals surface area contributed by atoms with Crippen molar-refractivity contribution in [2.24, 2.45) is 0 Å². The van der Waals surface area contributed by atoms with Gasteiger partial charge in [-0.25, -0.2) is 0 Å². The van der Waals surface area contributed by atoms with Crippen molar-refractivity contribution in [2.45, 2.75) is 50.9 Å². The van der Waals surface area contributed by atoms with Crippen LogP contribution in [0.2, 0.25) is 0 Å². The summed E-state index contributed by atoms with van der Waals surface area (Å²) in [5, 5.41) is 9.29. The largest absolute Gasteiger partial charge is 0.493 e. The van der Waals surface area contributed by atoms with E-state index in [0.29, 0.717) is 54.9 Å². The summed E-state index contributed by atoms with van der Waals surface area (Å²) in [6.07, 6.45) is 5.29. The molecule has 0 saturated carbocycles. The zero-order chi connectivity index (χ0) is 23.5. The summed E-state index contributed by atoms with van der Waals surface area (Å²) in [5.74, 6) is -0.230. The van der Waals surface area contributed by atoms with Crippen molar-refractivity contribution in [1.82, 2.24) is 4.90 Å². The second-order valence-corrected chi connectivity index (χ2v) is 8.51. The fourth-order valence-corrected chi connectivity index (χ4v) is 5.16. The van der Waals surface area contributed by atoms with Gasteiger partial charge in [0.05, 0.1) is 13.5 Å². The fourth-order valence-electron chi connectivity index (χ4n) is 5.16. The van der Waals surface area contributed by atoms with Crippen LogP contribution in [0.3, 0.4) is 0 Å². The SMILES string of the molecule is C=CCOc1ccc(C2C3=C(CCCC3=O)N(CCC(=O)O)C3=C2C(=O)CCC3)cc1OC. The normalized spacial score (nSPS) is 18.8. The van der Waals surface area contributed by atoms with Crippen LogP contribution in [0, 0.1) is 0 Å². The van der Waals surface area contributed by atoms with Crippen LogP contribution in [-0.4, -0.2) is 47.8 Å². The highest BCUT2D eigenvalue weighted by Crippen LogP contribution is 2.50. The average Bonchev–Trinajstić information content (AvgIpc) is 2.81. The number of ether oxygens (including phenoxy) is 2. The number of carboxylic acid groups (broad SMARTS) is 1. The minimum atomic E-state index is -0.898. The second-order valence-electron chi connectivity index (χ2n) is 8.51. The number of methoxy groups -OCH3 is 1. The number of carboxylic acids is 1. The number of Topliss-reactive ketones (excluding diaryl/α,β-unsaturated/α-hetero) is 2. The second kappa shape index (κ2) is 9.65. The first-order chi connectivity index (χ1) is 16.0. The van der Waals surface area contributed by atoms with Crippen molar-refractivity contribution in [3.8, 4) is 11.5 Å². The number of nitrogens with zero attached hydrogens (tertiary/aromatic N) is 1. The predicted octanol–water partition coefficient (Wildman–Crippen LogP) is 4.15. The Morgan fingerprint density at radius 2 is 1.73 bits per heavy atom. The van der Waals surface area contributed by atoms with Gasteiger partial charge in [-0.3, -0.25) is 14.4 Å². The van der Waals surface area contributed by atoms with Gasteiger partial charge in [-0.05, 0) is 43.4 Å². The van der Waals surface area contributed by atoms with Crippen LogP contribution < -0.4 is 9.47 Å². The van der Waals surface area contributed by atoms with E-state index >= 15 is 0 Å². The Kier molecular flexibility index (Phi) is 6.67. The molecule has 7 heteroatoms. The van der Waals surface area contributed by atoms with Gasteiger partial charge in [-0.1, -0.05) is 18.7 Å². The maximum absolute atomic E-state index is 13.2. The predicted molar refractivity (Wildman–Crippen MR) is 122 cm³/mol. The van der Waals surface area contributed by atoms with Crippen LogP contribution in [0.25, 0.3) is 0 Å². The lowest BCUT2D eigenvalue weighted by Gasteiger charge is -2.44. The lowest BCUT2D eigenvalue weighted by molar-refractivity contribution is -0.137. The Morgan fingerprint density at radius 1 is 1.09 bits per heavy atom. The fraction of sp³-hybridized carbons (Fsp3) is 0.423. The number of rotatable bonds is 8. The topological polar surface area (TPSA) is 93.1 Å². The zero-order valence-corrected chi connectivity index (χ0v) is 18.9. The number of carbonyl (C=O) groups is 3. The Hall–Kier alpha value is -3.35. The molecule has 1 aromatic rings. The number of benzene rings is 1. The molecule has 0 spiro atoms. The third kappa shape index (κ3) is 4.32. The highest BCUT2D eigenvalue weighted by atomic mass is 16.5. The summed E-state index contributed by atoms with van der Waals surface area (Å²) in [5.41, 5.74) is 3.81. The van der Waals surface area contributed by atoms with E-state index in [1.54, 1.807) is 19.3 Å². The van der Waals surface area contributed by atoms with Gasteiger partial charge in [0.2, 0.25) is 0 Å². The van der Waals surface area contributed by atoms with Crippen molar-refractivity contribution >= 4 is 17.5 Å². The molecule has 1 N–H and O–H groups in total. The van der Waals surface area contributed by atoms with Crippen molar-refractivity contribution < 1.29 is 29.0 Å². The molecule has 0 atom stereocenters. The zero-order valence-electron chi connectivity index (χ0n) is 18.9. The molecule has 0 saturated heterocycles. The Bertz CT molecular complexity index is 1020. The van der Waals surface area contributed by atoms with Gasteiger partial charge in [0.1, 0.15) is 6.61 Å². The highest BCUT2D eigenvalue weighted by molar-refractivity contribution is 6.06. The Balaban J connectivity index is 1.87. The first kappa shape index (κ1) is 22.8. The maximum atomic E-state index is 13.2. The van der Waals surface area contributed by atoms with Gasteiger partial charge in [0.15, 0.2) is 23.1 Å². The molecule has 0 bridgehead atoms. The van der Waals surface area contributed by atoms with Crippen LogP contribution in [0.5, 0.6) is 11.5 Å². The van der Waals surface area contributed by atoms with E-state index in [1.807, 2.05) is 17.0 Å². The standard InChI is InChI=1S/C26H29NO6/c1-3-14-33-21-11-10-16(15-22(21)32-2)24-25-17(6-4-8-19(25)28)27(13-12-23(30)31)18-7-5-9-20(29)26(18)24/h3,10-11,15,24H,1,4-9,12-14H2,2H3,(H,30,31). The molecule has 1 aromatic carbocycles. The van der Waals surface area contributed by atoms with E-state index in [9.17, 15) is 19.5 Å². The van der Waals surface area contributed by atoms with Gasteiger partial charge in [0, 0.05) is 47.8 Å². The first-order valence-electron chi connectivity index (χ1n) is 11.4. The summed E-state index contributed by atoms with van der Waals surface area (Å²) in [6, 6.07) is 5.53. The minimum Gasteiger partial charge on any atom is -0.493 e. The van der Waals surface area contributed by atoms with E-state index < -0.39 is 11.9 Å². The summed E-state index contributed by atoms with van der Waals surface area (Å²) >= 11 is 0. The average molecular weight is 452 g/mol. The monoisotopic (exact) mass is 451 g/mol. The molecular formula is C26H29NO6. The van der Waals surface area contributed by atoms with Crippen LogP contribution >= 0.6 is 0 Å². The van der Waals surface area contributed by atoms with Gasteiger partial charge < -0.3 is 19.5 Å². The molecule has 0 fully saturated rings. The van der Waals surface area contributed by atoms with Crippen molar-refractivity contribution in [1.29, 1.82) is 0 Å². The van der Waals surface area contributed by atoms with E-state index in [1.165, 1.54) is 0 Å². The molecule has 0 aromatic heterocycles. The molecule has 0 radical (unpaired) electrons. The maximum Gasteiger partial charge on any atom is 0.305 e. The van der Waals surface area contributed by atoms with Crippen molar-refractivity contribution in [2.75, 3.05) is 20.3 Å². The lowest BCUT2D eigenvalue weighted by atomic mass is 9.71. The van der Waals surface area contributed by atoms with E-state index in [2.05, 4.69) is 6.58 Å². The number of aliphatic carboxylic acids is 1. The van der Waals surface area contributed by atoms with Crippen molar-refractivity contribution in [3.05, 3.63) is 59.0 Å². The molecule has 1 aliphatic heterocycles. The third-order valence-corrected chi connectivity index (χ3v) is 6.51. The van der Waals surface area contributed by atoms with E-state index in [0.717, 1.165) is 29.8 Å². The van der Waals surface area contributed by atoms with Gasteiger partial charge in [-0.15, -0.1) is 0 Å². The first-order valence-corrected chi connectivity index (χ1v) is 11.4. The van der Waals surface area contributed by atoms with E-state index in [-0.39, 0.29) is 24.5 Å². The van der Waals surface area contributed by atoms with Crippen LogP contribution in [-0.2, 0) is 14.4 Å². The molecule has 7 nitrogen and oxygen atoms in total. The number of ketones is 2. The van der Waals surface area contributed by atoms with Gasteiger partial charge in [-0.2, -0.15) is 0 Å². The summed E-state index contributed by atoms with van der Waals surface area (Å²) in [7, 11) is 1.56. The number of hydrogen-bond donors (Lipinski definition) is 1. The molecule has 1 heterocycles. The third-order valence-electron chi connectivity index (χ3n) is 6.51. The smallest absolute Gasteiger partial charge is 0.305 e. The highest BCUT2D eigenvalue weighted by Gasteiger charge is 2.43. The Morgan fingerprint density at radius 3 is 2.27 bits per heavy atom. The summed E-state index contributed by atoms with van der Waals surface area (Å²) in [6.45, 7) is 4.26. The molecule has 2 aliphatic carbocycles. The lowest BCUT2D eigenvalue weighted by Crippen LogP contribution is -2.39.